The van der Waals surface area contributed by atoms with Gasteiger partial charge in [0.15, 0.2) is 11.6 Å². The Hall–Kier alpha value is -4.01. The average Bonchev–Trinajstić information content (AvgIpc) is 3.59. The minimum absolute atomic E-state index is 0.0439. The van der Waals surface area contributed by atoms with Crippen molar-refractivity contribution in [2.75, 3.05) is 63.9 Å². The fourth-order valence-corrected chi connectivity index (χ4v) is 8.89. The van der Waals surface area contributed by atoms with E-state index in [1.165, 1.54) is 43.1 Å². The number of hydrogen-bond acceptors (Lipinski definition) is 10. The summed E-state index contributed by atoms with van der Waals surface area (Å²) in [6.07, 6.45) is 8.48. The molecule has 0 unspecified atom stereocenters. The first-order chi connectivity index (χ1) is 25.6. The van der Waals surface area contributed by atoms with Crippen LogP contribution in [0.2, 0.25) is 0 Å². The lowest BCUT2D eigenvalue weighted by atomic mass is 9.61. The van der Waals surface area contributed by atoms with Gasteiger partial charge in [-0.3, -0.25) is 19.6 Å². The molecule has 2 spiro atoms. The molecule has 4 fully saturated rings. The summed E-state index contributed by atoms with van der Waals surface area (Å²) in [5, 5.41) is 0. The molecule has 1 saturated carbocycles. The van der Waals surface area contributed by atoms with E-state index in [1.807, 2.05) is 12.3 Å². The van der Waals surface area contributed by atoms with Crippen molar-refractivity contribution >= 4 is 11.7 Å². The van der Waals surface area contributed by atoms with E-state index >= 15 is 0 Å². The van der Waals surface area contributed by atoms with Gasteiger partial charge >= 0.3 is 0 Å². The van der Waals surface area contributed by atoms with Crippen molar-refractivity contribution in [1.29, 1.82) is 0 Å². The molecule has 8 rings (SSSR count). The SMILES string of the molecule is CC(C)N(CC(F)F)C(=O)c1cc(F)ccc1Oc1cncnc1N1CC2(CC(Oc3ccnc4c3CN(CCCN3CC5(CCCO5)C3)CC4)C2)C1. The molecule has 11 nitrogen and oxygen atoms in total. The number of pyridine rings is 1. The summed E-state index contributed by atoms with van der Waals surface area (Å²) in [6.45, 7) is 11.1. The van der Waals surface area contributed by atoms with Gasteiger partial charge in [-0.25, -0.2) is 23.1 Å². The Labute approximate surface area is 308 Å². The van der Waals surface area contributed by atoms with Gasteiger partial charge < -0.3 is 24.0 Å². The minimum Gasteiger partial charge on any atom is -0.490 e. The summed E-state index contributed by atoms with van der Waals surface area (Å²) in [4.78, 5) is 34.8. The molecule has 53 heavy (non-hydrogen) atoms. The van der Waals surface area contributed by atoms with Crippen LogP contribution < -0.4 is 14.4 Å². The predicted molar refractivity (Wildman–Crippen MR) is 191 cm³/mol. The largest absolute Gasteiger partial charge is 0.490 e. The Kier molecular flexibility index (Phi) is 9.96. The third-order valence-corrected chi connectivity index (χ3v) is 11.5. The lowest BCUT2D eigenvalue weighted by Crippen LogP contribution is -2.65. The molecule has 0 radical (unpaired) electrons. The number of ether oxygens (including phenoxy) is 3. The predicted octanol–water partition coefficient (Wildman–Crippen LogP) is 5.58. The summed E-state index contributed by atoms with van der Waals surface area (Å²) in [5.74, 6) is 0.420. The highest BCUT2D eigenvalue weighted by Crippen LogP contribution is 2.52. The monoisotopic (exact) mass is 735 g/mol. The van der Waals surface area contributed by atoms with Crippen LogP contribution in [0.5, 0.6) is 17.2 Å². The number of amides is 1. The van der Waals surface area contributed by atoms with Gasteiger partial charge in [0.25, 0.3) is 12.3 Å². The molecular weight excluding hydrogens is 687 g/mol. The fourth-order valence-electron chi connectivity index (χ4n) is 8.89. The smallest absolute Gasteiger partial charge is 0.258 e. The van der Waals surface area contributed by atoms with E-state index in [9.17, 15) is 18.0 Å². The number of likely N-dealkylation sites (tertiary alicyclic amines) is 1. The van der Waals surface area contributed by atoms with Gasteiger partial charge in [0.05, 0.1) is 23.9 Å². The normalized spacial score (nSPS) is 20.7. The van der Waals surface area contributed by atoms with Crippen LogP contribution in [0.15, 0.2) is 43.0 Å². The molecule has 3 saturated heterocycles. The zero-order valence-electron chi connectivity index (χ0n) is 30.5. The highest BCUT2D eigenvalue weighted by molar-refractivity contribution is 5.97. The van der Waals surface area contributed by atoms with Crippen LogP contribution in [0.4, 0.5) is 19.0 Å². The van der Waals surface area contributed by atoms with Crippen molar-refractivity contribution in [3.05, 3.63) is 65.6 Å². The second-order valence-corrected chi connectivity index (χ2v) is 15.9. The molecule has 1 aromatic carbocycles. The van der Waals surface area contributed by atoms with Gasteiger partial charge in [0, 0.05) is 81.2 Å². The van der Waals surface area contributed by atoms with Crippen LogP contribution in [0.1, 0.15) is 67.6 Å². The number of halogens is 3. The quantitative estimate of drug-likeness (QED) is 0.222. The standard InChI is InChI=1S/C39H48F3N7O4/c1-26(2)49(20-35(41)42)37(50)29-15-27(40)5-6-32(29)53-34-18-43-25-45-36(34)48-21-38(22-48)16-28(17-38)52-33-7-10-44-31-8-13-46(19-30(31)33)11-4-12-47-23-39(24-47)9-3-14-51-39/h5-7,10,15,18,25-26,28,35H,3-4,8-9,11-14,16-17,19-24H2,1-2H3. The molecule has 14 heteroatoms. The lowest BCUT2D eigenvalue weighted by Gasteiger charge is -2.59. The van der Waals surface area contributed by atoms with E-state index in [-0.39, 0.29) is 28.4 Å². The van der Waals surface area contributed by atoms with E-state index in [4.69, 9.17) is 19.2 Å². The number of carbonyl (C=O) groups excluding carboxylic acids is 1. The van der Waals surface area contributed by atoms with Crippen molar-refractivity contribution in [3.8, 4) is 17.2 Å². The summed E-state index contributed by atoms with van der Waals surface area (Å²) in [6, 6.07) is 4.99. The zero-order valence-corrected chi connectivity index (χ0v) is 30.5. The van der Waals surface area contributed by atoms with Crippen LogP contribution in [-0.2, 0) is 17.7 Å². The number of carbonyl (C=O) groups is 1. The molecule has 0 N–H and O–H groups in total. The molecule has 1 amide bonds. The first kappa shape index (κ1) is 36.0. The van der Waals surface area contributed by atoms with Gasteiger partial charge in [-0.2, -0.15) is 0 Å². The highest BCUT2D eigenvalue weighted by atomic mass is 19.3. The third kappa shape index (κ3) is 7.54. The maximum atomic E-state index is 14.3. The first-order valence-corrected chi connectivity index (χ1v) is 18.9. The molecule has 5 aliphatic rings. The second-order valence-electron chi connectivity index (χ2n) is 15.9. The van der Waals surface area contributed by atoms with Crippen molar-refractivity contribution in [2.45, 2.75) is 83.1 Å². The van der Waals surface area contributed by atoms with Gasteiger partial charge in [0.2, 0.25) is 0 Å². The van der Waals surface area contributed by atoms with Crippen molar-refractivity contribution in [2.24, 2.45) is 5.41 Å². The van der Waals surface area contributed by atoms with Crippen LogP contribution in [0, 0.1) is 11.2 Å². The summed E-state index contributed by atoms with van der Waals surface area (Å²) in [5.41, 5.74) is 2.46. The summed E-state index contributed by atoms with van der Waals surface area (Å²) < 4.78 is 59.7. The van der Waals surface area contributed by atoms with E-state index < -0.39 is 30.7 Å². The molecular formula is C39H48F3N7O4. The van der Waals surface area contributed by atoms with Crippen molar-refractivity contribution < 1.29 is 32.2 Å². The Bertz CT molecular complexity index is 1790. The Morgan fingerprint density at radius 1 is 1.06 bits per heavy atom. The number of nitrogens with zero attached hydrogens (tertiary/aromatic N) is 7. The van der Waals surface area contributed by atoms with Gasteiger partial charge in [-0.1, -0.05) is 0 Å². The first-order valence-electron chi connectivity index (χ1n) is 18.9. The van der Waals surface area contributed by atoms with Gasteiger partial charge in [-0.05, 0) is 83.3 Å². The number of anilines is 1. The Morgan fingerprint density at radius 2 is 1.87 bits per heavy atom. The van der Waals surface area contributed by atoms with Crippen LogP contribution in [-0.4, -0.2) is 119 Å². The Morgan fingerprint density at radius 3 is 2.62 bits per heavy atom. The number of alkyl halides is 2. The van der Waals surface area contributed by atoms with Crippen molar-refractivity contribution in [1.82, 2.24) is 29.7 Å². The average molecular weight is 736 g/mol. The summed E-state index contributed by atoms with van der Waals surface area (Å²) >= 11 is 0. The van der Waals surface area contributed by atoms with E-state index in [1.54, 1.807) is 13.8 Å². The highest BCUT2D eigenvalue weighted by Gasteiger charge is 2.54. The van der Waals surface area contributed by atoms with E-state index in [2.05, 4.69) is 24.7 Å². The van der Waals surface area contributed by atoms with Gasteiger partial charge in [-0.15, -0.1) is 0 Å². The summed E-state index contributed by atoms with van der Waals surface area (Å²) in [7, 11) is 0. The second kappa shape index (κ2) is 14.7. The van der Waals surface area contributed by atoms with E-state index in [0.29, 0.717) is 11.6 Å². The third-order valence-electron chi connectivity index (χ3n) is 11.5. The van der Waals surface area contributed by atoms with E-state index in [0.717, 1.165) is 107 Å². The molecule has 1 aliphatic carbocycles. The van der Waals surface area contributed by atoms with Gasteiger partial charge in [0.1, 0.15) is 29.7 Å². The number of aromatic nitrogens is 3. The van der Waals surface area contributed by atoms with Crippen LogP contribution in [0.25, 0.3) is 0 Å². The number of fused-ring (bicyclic) bond motifs is 1. The maximum Gasteiger partial charge on any atom is 0.258 e. The molecule has 4 aliphatic heterocycles. The fraction of sp³-hybridized carbons (Fsp3) is 0.590. The Balaban J connectivity index is 0.853. The molecule has 0 bridgehead atoms. The lowest BCUT2D eigenvalue weighted by molar-refractivity contribution is -0.111. The molecule has 284 valence electrons. The number of benzene rings is 1. The molecule has 0 atom stereocenters. The van der Waals surface area contributed by atoms with Crippen LogP contribution >= 0.6 is 0 Å². The molecule has 2 aromatic heterocycles. The van der Waals surface area contributed by atoms with Crippen LogP contribution in [0.3, 0.4) is 0 Å². The molecule has 6 heterocycles. The maximum absolute atomic E-state index is 14.3. The number of hydrogen-bond donors (Lipinski definition) is 0. The zero-order chi connectivity index (χ0) is 36.7. The minimum atomic E-state index is -2.74. The molecule has 3 aromatic rings. The number of rotatable bonds is 13. The van der Waals surface area contributed by atoms with Crippen molar-refractivity contribution in [3.63, 3.8) is 0 Å². The topological polar surface area (TPSA) is 96.4 Å².